The lowest BCUT2D eigenvalue weighted by molar-refractivity contribution is 0.478. The summed E-state index contributed by atoms with van der Waals surface area (Å²) in [6.45, 7) is 8.61. The second-order valence-corrected chi connectivity index (χ2v) is 3.14. The molecule has 0 saturated carbocycles. The first kappa shape index (κ1) is 8.13. The van der Waals surface area contributed by atoms with Gasteiger partial charge in [0.15, 0.2) is 0 Å². The Bertz CT molecular complexity index is 66.9. The summed E-state index contributed by atoms with van der Waals surface area (Å²) < 4.78 is 0. The van der Waals surface area contributed by atoms with E-state index in [0.29, 0.717) is 5.92 Å². The molecule has 0 aromatic rings. The van der Waals surface area contributed by atoms with Gasteiger partial charge in [-0.05, 0) is 5.92 Å². The van der Waals surface area contributed by atoms with E-state index in [9.17, 15) is 0 Å². The third-order valence-electron chi connectivity index (χ3n) is 1.92. The Hall–Kier alpha value is 0.130. The second kappa shape index (κ2) is 2.61. The zero-order valence-electron chi connectivity index (χ0n) is 6.23. The normalized spacial score (nSPS) is 12.1. The van der Waals surface area contributed by atoms with Crippen LogP contribution in [0.25, 0.3) is 0 Å². The van der Waals surface area contributed by atoms with E-state index in [-0.39, 0.29) is 5.31 Å². The highest BCUT2D eigenvalue weighted by Crippen LogP contribution is 2.31. The summed E-state index contributed by atoms with van der Waals surface area (Å²) in [6.07, 6.45) is 0. The molecule has 0 heterocycles. The van der Waals surface area contributed by atoms with Crippen LogP contribution in [0.1, 0.15) is 27.7 Å². The molecule has 43 valence electrons. The van der Waals surface area contributed by atoms with Gasteiger partial charge in [0.1, 0.15) is 0 Å². The molecule has 8 heavy (non-hydrogen) atoms. The van der Waals surface area contributed by atoms with Crippen molar-refractivity contribution in [2.75, 3.05) is 0 Å². The Kier molecular flexibility index (Phi) is 2.65. The first-order valence-electron chi connectivity index (χ1n) is 3.07. The Labute approximate surface area is 54.7 Å². The van der Waals surface area contributed by atoms with Gasteiger partial charge in [-0.15, -0.1) is 0 Å². The van der Waals surface area contributed by atoms with Crippen LogP contribution in [0.5, 0.6) is 0 Å². The van der Waals surface area contributed by atoms with E-state index in [2.05, 4.69) is 27.7 Å². The van der Waals surface area contributed by atoms with Crippen LogP contribution < -0.4 is 0 Å². The standard InChI is InChI=1S/C6H13B2/c1-5(2)6(3,4)8-7/h5H,1-4H3. The predicted molar refractivity (Wildman–Crippen MR) is 40.4 cm³/mol. The quantitative estimate of drug-likeness (QED) is 0.470. The summed E-state index contributed by atoms with van der Waals surface area (Å²) in [5.74, 6) is 0.632. The molecule has 0 bridgehead atoms. The molecule has 0 aliphatic carbocycles. The molecule has 3 radical (unpaired) electrons. The van der Waals surface area contributed by atoms with Gasteiger partial charge in [0, 0.05) is 7.74 Å². The zero-order chi connectivity index (χ0) is 6.78. The SMILES string of the molecule is [B][B]C(C)(C)C(C)C. The summed E-state index contributed by atoms with van der Waals surface area (Å²) in [7, 11) is 7.14. The van der Waals surface area contributed by atoms with Crippen LogP contribution in [0.3, 0.4) is 0 Å². The van der Waals surface area contributed by atoms with Crippen molar-refractivity contribution in [1.29, 1.82) is 0 Å². The number of hydrogen-bond acceptors (Lipinski definition) is 0. The first-order valence-corrected chi connectivity index (χ1v) is 3.07. The van der Waals surface area contributed by atoms with Crippen molar-refractivity contribution in [1.82, 2.24) is 0 Å². The van der Waals surface area contributed by atoms with E-state index in [1.165, 1.54) is 0 Å². The summed E-state index contributed by atoms with van der Waals surface area (Å²) >= 11 is 0. The van der Waals surface area contributed by atoms with Crippen molar-refractivity contribution >= 4 is 14.9 Å². The maximum Gasteiger partial charge on any atom is 0.0626 e. The van der Waals surface area contributed by atoms with Gasteiger partial charge in [-0.2, -0.15) is 0 Å². The number of hydrogen-bond donors (Lipinski definition) is 0. The van der Waals surface area contributed by atoms with Gasteiger partial charge >= 0.3 is 0 Å². The third-order valence-corrected chi connectivity index (χ3v) is 1.92. The molecule has 0 aromatic carbocycles. The lowest BCUT2D eigenvalue weighted by Crippen LogP contribution is -2.19. The second-order valence-electron chi connectivity index (χ2n) is 3.14. The molecule has 0 aliphatic heterocycles. The van der Waals surface area contributed by atoms with E-state index in [0.717, 1.165) is 0 Å². The molecule has 0 saturated heterocycles. The molecule has 0 aliphatic rings. The summed E-state index contributed by atoms with van der Waals surface area (Å²) in [6, 6.07) is 0. The van der Waals surface area contributed by atoms with Gasteiger partial charge in [0.05, 0.1) is 7.17 Å². The Morgan fingerprint density at radius 1 is 1.38 bits per heavy atom. The molecule has 0 nitrogen and oxygen atoms in total. The van der Waals surface area contributed by atoms with E-state index in [1.807, 2.05) is 0 Å². The molecule has 0 N–H and O–H groups in total. The summed E-state index contributed by atoms with van der Waals surface area (Å²) in [4.78, 5) is 0. The molecular weight excluding hydrogens is 93.7 g/mol. The van der Waals surface area contributed by atoms with E-state index in [1.54, 1.807) is 7.17 Å². The Morgan fingerprint density at radius 3 is 1.75 bits per heavy atom. The predicted octanol–water partition coefficient (Wildman–Crippen LogP) is 1.63. The fourth-order valence-corrected chi connectivity index (χ4v) is 0.192. The summed E-state index contributed by atoms with van der Waals surface area (Å²) in [5.41, 5.74) is 0. The Balaban J connectivity index is 3.71. The Morgan fingerprint density at radius 2 is 1.75 bits per heavy atom. The van der Waals surface area contributed by atoms with Gasteiger partial charge in [-0.3, -0.25) is 0 Å². The fourth-order valence-electron chi connectivity index (χ4n) is 0.192. The third kappa shape index (κ3) is 1.94. The van der Waals surface area contributed by atoms with Gasteiger partial charge < -0.3 is 0 Å². The highest BCUT2D eigenvalue weighted by Gasteiger charge is 2.18. The van der Waals surface area contributed by atoms with Crippen LogP contribution in [0.4, 0.5) is 0 Å². The van der Waals surface area contributed by atoms with Crippen LogP contribution in [0, 0.1) is 5.92 Å². The first-order chi connectivity index (χ1) is 3.50. The molecule has 0 atom stereocenters. The molecule has 0 rings (SSSR count). The lowest BCUT2D eigenvalue weighted by atomic mass is 9.37. The molecule has 0 aromatic heterocycles. The van der Waals surface area contributed by atoms with Crippen molar-refractivity contribution in [3.8, 4) is 0 Å². The van der Waals surface area contributed by atoms with Gasteiger partial charge in [0.25, 0.3) is 0 Å². The van der Waals surface area contributed by atoms with Crippen molar-refractivity contribution in [2.45, 2.75) is 33.0 Å². The molecule has 0 amide bonds. The van der Waals surface area contributed by atoms with Crippen molar-refractivity contribution in [3.63, 3.8) is 0 Å². The van der Waals surface area contributed by atoms with Crippen LogP contribution in [0.2, 0.25) is 5.31 Å². The van der Waals surface area contributed by atoms with Gasteiger partial charge in [-0.1, -0.05) is 33.0 Å². The number of rotatable bonds is 2. The van der Waals surface area contributed by atoms with E-state index in [4.69, 9.17) is 7.74 Å². The van der Waals surface area contributed by atoms with Crippen LogP contribution in [-0.2, 0) is 0 Å². The lowest BCUT2D eigenvalue weighted by Gasteiger charge is -2.27. The average molecular weight is 107 g/mol. The largest absolute Gasteiger partial charge is 0.0702 e. The molecule has 2 heteroatoms. The van der Waals surface area contributed by atoms with Crippen molar-refractivity contribution < 1.29 is 0 Å². The van der Waals surface area contributed by atoms with Crippen LogP contribution in [0.15, 0.2) is 0 Å². The van der Waals surface area contributed by atoms with Crippen molar-refractivity contribution in [3.05, 3.63) is 0 Å². The monoisotopic (exact) mass is 107 g/mol. The molecular formula is C6H13B2. The highest BCUT2D eigenvalue weighted by atomic mass is 14.1. The molecule has 0 fully saturated rings. The molecule has 0 unspecified atom stereocenters. The topological polar surface area (TPSA) is 0 Å². The highest BCUT2D eigenvalue weighted by molar-refractivity contribution is 6.91. The van der Waals surface area contributed by atoms with Gasteiger partial charge in [-0.25, -0.2) is 0 Å². The van der Waals surface area contributed by atoms with Gasteiger partial charge in [0.2, 0.25) is 0 Å². The smallest absolute Gasteiger partial charge is 0.0626 e. The zero-order valence-corrected chi connectivity index (χ0v) is 6.23. The minimum Gasteiger partial charge on any atom is -0.0702 e. The van der Waals surface area contributed by atoms with Crippen LogP contribution >= 0.6 is 0 Å². The van der Waals surface area contributed by atoms with E-state index >= 15 is 0 Å². The minimum absolute atomic E-state index is 0.194. The van der Waals surface area contributed by atoms with E-state index < -0.39 is 0 Å². The maximum atomic E-state index is 5.38. The average Bonchev–Trinajstić information content (AvgIpc) is 1.67. The summed E-state index contributed by atoms with van der Waals surface area (Å²) in [5, 5.41) is 0.194. The molecule has 0 spiro atoms. The van der Waals surface area contributed by atoms with Crippen LogP contribution in [-0.4, -0.2) is 14.9 Å². The minimum atomic E-state index is 0.194. The maximum absolute atomic E-state index is 5.38. The van der Waals surface area contributed by atoms with Crippen molar-refractivity contribution in [2.24, 2.45) is 5.92 Å². The fraction of sp³-hybridized carbons (Fsp3) is 1.00.